The van der Waals surface area contributed by atoms with Crippen molar-refractivity contribution in [2.24, 2.45) is 0 Å². The molecule has 0 saturated heterocycles. The van der Waals surface area contributed by atoms with E-state index in [0.717, 1.165) is 17.3 Å². The Bertz CT molecular complexity index is 330. The molecule has 1 aromatic heterocycles. The van der Waals surface area contributed by atoms with Gasteiger partial charge in [-0.1, -0.05) is 12.2 Å². The summed E-state index contributed by atoms with van der Waals surface area (Å²) in [6, 6.07) is 0. The summed E-state index contributed by atoms with van der Waals surface area (Å²) in [6.45, 7) is 11.3. The summed E-state index contributed by atoms with van der Waals surface area (Å²) in [7, 11) is 0. The van der Waals surface area contributed by atoms with Crippen LogP contribution in [0.2, 0.25) is 0 Å². The van der Waals surface area contributed by atoms with Crippen molar-refractivity contribution in [1.82, 2.24) is 15.3 Å². The predicted octanol–water partition coefficient (Wildman–Crippen LogP) is 2.51. The fourth-order valence-corrected chi connectivity index (χ4v) is 1.70. The van der Waals surface area contributed by atoms with E-state index in [1.165, 1.54) is 5.57 Å². The van der Waals surface area contributed by atoms with Crippen LogP contribution in [0.4, 0.5) is 0 Å². The molecule has 4 heteroatoms. The van der Waals surface area contributed by atoms with E-state index in [4.69, 9.17) is 0 Å². The molecule has 0 radical (unpaired) electrons. The number of nitrogens with zero attached hydrogens (tertiary/aromatic N) is 2. The van der Waals surface area contributed by atoms with Crippen LogP contribution in [0.15, 0.2) is 35.8 Å². The highest BCUT2D eigenvalue weighted by Gasteiger charge is 2.08. The molecule has 16 heavy (non-hydrogen) atoms. The van der Waals surface area contributed by atoms with Gasteiger partial charge < -0.3 is 5.32 Å². The summed E-state index contributed by atoms with van der Waals surface area (Å²) in [4.78, 5) is 8.22. The number of hydrogen-bond acceptors (Lipinski definition) is 4. The second-order valence-electron chi connectivity index (χ2n) is 4.69. The fourth-order valence-electron chi connectivity index (χ4n) is 0.977. The first-order valence-corrected chi connectivity index (χ1v) is 6.26. The summed E-state index contributed by atoms with van der Waals surface area (Å²) in [6.07, 6.45) is 5.16. The third kappa shape index (κ3) is 5.88. The topological polar surface area (TPSA) is 37.8 Å². The Labute approximate surface area is 102 Å². The average molecular weight is 237 g/mol. The summed E-state index contributed by atoms with van der Waals surface area (Å²) >= 11 is 1.67. The van der Waals surface area contributed by atoms with Gasteiger partial charge in [0.1, 0.15) is 5.03 Å². The van der Waals surface area contributed by atoms with Gasteiger partial charge in [0.2, 0.25) is 0 Å². The van der Waals surface area contributed by atoms with Crippen molar-refractivity contribution >= 4 is 11.8 Å². The SMILES string of the molecule is C=C(CNC(C)(C)C)CSc1cnccn1. The van der Waals surface area contributed by atoms with E-state index in [1.807, 2.05) is 0 Å². The molecule has 0 aromatic carbocycles. The Morgan fingerprint density at radius 1 is 1.44 bits per heavy atom. The molecule has 0 bridgehead atoms. The highest BCUT2D eigenvalue weighted by Crippen LogP contribution is 2.15. The molecular formula is C12H19N3S. The molecule has 0 aliphatic carbocycles. The van der Waals surface area contributed by atoms with Gasteiger partial charge in [0, 0.05) is 30.2 Å². The Morgan fingerprint density at radius 2 is 2.19 bits per heavy atom. The maximum absolute atomic E-state index is 4.20. The molecule has 0 unspecified atom stereocenters. The van der Waals surface area contributed by atoms with Crippen LogP contribution in [-0.2, 0) is 0 Å². The molecule has 0 aliphatic heterocycles. The minimum atomic E-state index is 0.139. The highest BCUT2D eigenvalue weighted by molar-refractivity contribution is 7.99. The monoisotopic (exact) mass is 237 g/mol. The fraction of sp³-hybridized carbons (Fsp3) is 0.500. The first-order chi connectivity index (χ1) is 7.47. The molecule has 0 atom stereocenters. The highest BCUT2D eigenvalue weighted by atomic mass is 32.2. The molecule has 3 nitrogen and oxygen atoms in total. The molecule has 1 N–H and O–H groups in total. The Balaban J connectivity index is 2.26. The molecule has 0 saturated carbocycles. The van der Waals surface area contributed by atoms with Crippen LogP contribution in [0.5, 0.6) is 0 Å². The van der Waals surface area contributed by atoms with Gasteiger partial charge in [-0.3, -0.25) is 4.98 Å². The second-order valence-corrected chi connectivity index (χ2v) is 5.68. The van der Waals surface area contributed by atoms with Crippen LogP contribution in [0.1, 0.15) is 20.8 Å². The number of nitrogens with one attached hydrogen (secondary N) is 1. The van der Waals surface area contributed by atoms with Crippen LogP contribution in [0.25, 0.3) is 0 Å². The van der Waals surface area contributed by atoms with E-state index >= 15 is 0 Å². The van der Waals surface area contributed by atoms with Crippen molar-refractivity contribution in [3.8, 4) is 0 Å². The van der Waals surface area contributed by atoms with E-state index in [9.17, 15) is 0 Å². The lowest BCUT2D eigenvalue weighted by Gasteiger charge is -2.21. The van der Waals surface area contributed by atoms with E-state index in [1.54, 1.807) is 30.4 Å². The summed E-state index contributed by atoms with van der Waals surface area (Å²) < 4.78 is 0. The predicted molar refractivity (Wildman–Crippen MR) is 69.7 cm³/mol. The normalized spacial score (nSPS) is 11.4. The number of aromatic nitrogens is 2. The van der Waals surface area contributed by atoms with Crippen LogP contribution in [-0.4, -0.2) is 27.8 Å². The van der Waals surface area contributed by atoms with Crippen LogP contribution in [0, 0.1) is 0 Å². The standard InChI is InChI=1S/C12H19N3S/c1-10(7-15-12(2,3)4)9-16-11-8-13-5-6-14-11/h5-6,8,15H,1,7,9H2,2-4H3. The van der Waals surface area contributed by atoms with Gasteiger partial charge in [0.25, 0.3) is 0 Å². The Hall–Kier alpha value is -0.870. The van der Waals surface area contributed by atoms with Gasteiger partial charge in [0.05, 0.1) is 6.20 Å². The zero-order valence-corrected chi connectivity index (χ0v) is 11.0. The van der Waals surface area contributed by atoms with Crippen molar-refractivity contribution in [3.63, 3.8) is 0 Å². The van der Waals surface area contributed by atoms with Crippen molar-refractivity contribution in [2.45, 2.75) is 31.3 Å². The smallest absolute Gasteiger partial charge is 0.115 e. The lowest BCUT2D eigenvalue weighted by atomic mass is 10.1. The van der Waals surface area contributed by atoms with Crippen molar-refractivity contribution in [2.75, 3.05) is 12.3 Å². The van der Waals surface area contributed by atoms with Gasteiger partial charge in [-0.05, 0) is 20.8 Å². The lowest BCUT2D eigenvalue weighted by molar-refractivity contribution is 0.445. The van der Waals surface area contributed by atoms with E-state index < -0.39 is 0 Å². The minimum Gasteiger partial charge on any atom is -0.308 e. The maximum Gasteiger partial charge on any atom is 0.115 e. The van der Waals surface area contributed by atoms with Gasteiger partial charge >= 0.3 is 0 Å². The molecule has 0 aliphatic rings. The van der Waals surface area contributed by atoms with Gasteiger partial charge in [-0.25, -0.2) is 4.98 Å². The van der Waals surface area contributed by atoms with Crippen molar-refractivity contribution < 1.29 is 0 Å². The van der Waals surface area contributed by atoms with Crippen LogP contribution < -0.4 is 5.32 Å². The quantitative estimate of drug-likeness (QED) is 0.631. The third-order valence-corrected chi connectivity index (χ3v) is 2.89. The molecule has 1 rings (SSSR count). The first kappa shape index (κ1) is 13.2. The Kier molecular flexibility index (Phi) is 4.96. The first-order valence-electron chi connectivity index (χ1n) is 5.28. The molecule has 88 valence electrons. The van der Waals surface area contributed by atoms with Crippen molar-refractivity contribution in [3.05, 3.63) is 30.7 Å². The number of rotatable bonds is 5. The summed E-state index contributed by atoms with van der Waals surface area (Å²) in [5.74, 6) is 0.877. The summed E-state index contributed by atoms with van der Waals surface area (Å²) in [5.41, 5.74) is 1.31. The average Bonchev–Trinajstić information content (AvgIpc) is 2.24. The molecule has 0 spiro atoms. The van der Waals surface area contributed by atoms with E-state index in [0.29, 0.717) is 0 Å². The minimum absolute atomic E-state index is 0.139. The lowest BCUT2D eigenvalue weighted by Crippen LogP contribution is -2.37. The molecule has 0 amide bonds. The Morgan fingerprint density at radius 3 is 2.75 bits per heavy atom. The van der Waals surface area contributed by atoms with E-state index in [-0.39, 0.29) is 5.54 Å². The van der Waals surface area contributed by atoms with Crippen LogP contribution >= 0.6 is 11.8 Å². The molecule has 0 fully saturated rings. The van der Waals surface area contributed by atoms with Gasteiger partial charge in [-0.2, -0.15) is 0 Å². The van der Waals surface area contributed by atoms with Crippen LogP contribution in [0.3, 0.4) is 0 Å². The molecule has 1 heterocycles. The largest absolute Gasteiger partial charge is 0.308 e. The number of thioether (sulfide) groups is 1. The number of hydrogen-bond donors (Lipinski definition) is 1. The zero-order chi connectivity index (χ0) is 12.0. The second kappa shape index (κ2) is 6.01. The van der Waals surface area contributed by atoms with E-state index in [2.05, 4.69) is 42.6 Å². The molecule has 1 aromatic rings. The third-order valence-electron chi connectivity index (χ3n) is 1.83. The van der Waals surface area contributed by atoms with Gasteiger partial charge in [0.15, 0.2) is 0 Å². The summed E-state index contributed by atoms with van der Waals surface area (Å²) in [5, 5.41) is 4.35. The zero-order valence-electron chi connectivity index (χ0n) is 10.2. The van der Waals surface area contributed by atoms with Gasteiger partial charge in [-0.15, -0.1) is 11.8 Å². The molecular weight excluding hydrogens is 218 g/mol. The van der Waals surface area contributed by atoms with Crippen molar-refractivity contribution in [1.29, 1.82) is 0 Å². The maximum atomic E-state index is 4.20.